The van der Waals surface area contributed by atoms with Gasteiger partial charge < -0.3 is 0 Å². The molecular weight excluding hydrogens is 376 g/mol. The number of thiazole rings is 1. The molecule has 144 valence electrons. The molecule has 0 aliphatic rings. The second-order valence-electron chi connectivity index (χ2n) is 7.21. The van der Waals surface area contributed by atoms with E-state index in [1.165, 1.54) is 22.3 Å². The maximum absolute atomic E-state index is 12.3. The highest BCUT2D eigenvalue weighted by atomic mass is 32.1. The molecule has 0 fully saturated rings. The summed E-state index contributed by atoms with van der Waals surface area (Å²) in [5, 5.41) is 7.77. The van der Waals surface area contributed by atoms with Crippen LogP contribution >= 0.6 is 11.3 Å². The monoisotopic (exact) mass is 398 g/mol. The van der Waals surface area contributed by atoms with Crippen LogP contribution in [0.1, 0.15) is 30.9 Å². The highest BCUT2D eigenvalue weighted by molar-refractivity contribution is 7.14. The molecule has 0 aliphatic carbocycles. The lowest BCUT2D eigenvalue weighted by Crippen LogP contribution is -2.07. The van der Waals surface area contributed by atoms with Crippen molar-refractivity contribution >= 4 is 39.2 Å². The van der Waals surface area contributed by atoms with Gasteiger partial charge >= 0.3 is 0 Å². The third kappa shape index (κ3) is 4.44. The molecule has 3 aromatic carbocycles. The minimum absolute atomic E-state index is 0.184. The van der Waals surface area contributed by atoms with E-state index in [1.807, 2.05) is 41.8 Å². The lowest BCUT2D eigenvalue weighted by Gasteiger charge is -2.04. The maximum Gasteiger partial charge on any atom is 0.250 e. The average Bonchev–Trinajstić information content (AvgIpc) is 3.20. The molecule has 0 spiro atoms. The fraction of sp³-hybridized carbons (Fsp3) is 0.120. The maximum atomic E-state index is 12.3. The van der Waals surface area contributed by atoms with E-state index in [4.69, 9.17) is 0 Å². The van der Waals surface area contributed by atoms with E-state index in [1.54, 1.807) is 6.08 Å². The standard InChI is InChI=1S/C25H22N2OS/c1-17(2)19-13-10-18(11-14-19)12-15-24(28)27-25-26-23(16-29-25)22-9-5-7-20-6-3-4-8-21(20)22/h3-17H,1-2H3,(H,26,27,28). The number of carbonyl (C=O) groups excluding carboxylic acids is 1. The van der Waals surface area contributed by atoms with Crippen molar-refractivity contribution in [3.63, 3.8) is 0 Å². The van der Waals surface area contributed by atoms with Gasteiger partial charge in [-0.3, -0.25) is 10.1 Å². The van der Waals surface area contributed by atoms with Gasteiger partial charge in [0.05, 0.1) is 5.69 Å². The van der Waals surface area contributed by atoms with Gasteiger partial charge in [0.2, 0.25) is 5.91 Å². The van der Waals surface area contributed by atoms with Crippen molar-refractivity contribution in [1.29, 1.82) is 0 Å². The number of nitrogens with zero attached hydrogens (tertiary/aromatic N) is 1. The first-order chi connectivity index (χ1) is 14.1. The molecule has 29 heavy (non-hydrogen) atoms. The Hall–Kier alpha value is -3.24. The number of aromatic nitrogens is 1. The smallest absolute Gasteiger partial charge is 0.250 e. The first-order valence-corrected chi connectivity index (χ1v) is 10.5. The van der Waals surface area contributed by atoms with E-state index >= 15 is 0 Å². The van der Waals surface area contributed by atoms with Crippen LogP contribution in [0.25, 0.3) is 28.1 Å². The van der Waals surface area contributed by atoms with E-state index < -0.39 is 0 Å². The number of amides is 1. The summed E-state index contributed by atoms with van der Waals surface area (Å²) in [5.41, 5.74) is 4.23. The van der Waals surface area contributed by atoms with Crippen molar-refractivity contribution in [2.75, 3.05) is 5.32 Å². The topological polar surface area (TPSA) is 42.0 Å². The highest BCUT2D eigenvalue weighted by Gasteiger charge is 2.09. The Balaban J connectivity index is 1.46. The molecule has 1 amide bonds. The number of anilines is 1. The molecule has 0 radical (unpaired) electrons. The number of fused-ring (bicyclic) bond motifs is 1. The van der Waals surface area contributed by atoms with E-state index in [2.05, 4.69) is 60.5 Å². The zero-order chi connectivity index (χ0) is 20.2. The van der Waals surface area contributed by atoms with E-state index in [-0.39, 0.29) is 5.91 Å². The molecule has 1 aromatic heterocycles. The highest BCUT2D eigenvalue weighted by Crippen LogP contribution is 2.31. The van der Waals surface area contributed by atoms with Crippen LogP contribution < -0.4 is 5.32 Å². The van der Waals surface area contributed by atoms with Crippen LogP contribution in [0.5, 0.6) is 0 Å². The van der Waals surface area contributed by atoms with Gasteiger partial charge in [-0.15, -0.1) is 11.3 Å². The fourth-order valence-electron chi connectivity index (χ4n) is 3.21. The van der Waals surface area contributed by atoms with E-state index in [0.717, 1.165) is 22.2 Å². The molecule has 0 atom stereocenters. The predicted molar refractivity (Wildman–Crippen MR) is 123 cm³/mol. The third-order valence-electron chi connectivity index (χ3n) is 4.83. The van der Waals surface area contributed by atoms with Crippen molar-refractivity contribution in [3.8, 4) is 11.3 Å². The first kappa shape index (κ1) is 19.1. The summed E-state index contributed by atoms with van der Waals surface area (Å²) in [6, 6.07) is 22.7. The Morgan fingerprint density at radius 1 is 1.00 bits per heavy atom. The number of hydrogen-bond acceptors (Lipinski definition) is 3. The molecule has 0 saturated carbocycles. The molecule has 3 nitrogen and oxygen atoms in total. The molecule has 4 heteroatoms. The van der Waals surface area contributed by atoms with Gasteiger partial charge in [0.15, 0.2) is 5.13 Å². The van der Waals surface area contributed by atoms with Crippen LogP contribution in [-0.4, -0.2) is 10.9 Å². The van der Waals surface area contributed by atoms with Gasteiger partial charge in [0.1, 0.15) is 0 Å². The first-order valence-electron chi connectivity index (χ1n) is 9.63. The Labute approximate surface area is 174 Å². The van der Waals surface area contributed by atoms with E-state index in [9.17, 15) is 4.79 Å². The Kier molecular flexibility index (Phi) is 5.54. The number of carbonyl (C=O) groups is 1. The summed E-state index contributed by atoms with van der Waals surface area (Å²) >= 11 is 1.43. The predicted octanol–water partition coefficient (Wildman–Crippen LogP) is 6.74. The fourth-order valence-corrected chi connectivity index (χ4v) is 3.93. The molecule has 4 rings (SSSR count). The van der Waals surface area contributed by atoms with Gasteiger partial charge in [-0.1, -0.05) is 80.6 Å². The van der Waals surface area contributed by atoms with Crippen molar-refractivity contribution < 1.29 is 4.79 Å². The quantitative estimate of drug-likeness (QED) is 0.378. The largest absolute Gasteiger partial charge is 0.298 e. The third-order valence-corrected chi connectivity index (χ3v) is 5.59. The minimum Gasteiger partial charge on any atom is -0.298 e. The lowest BCUT2D eigenvalue weighted by molar-refractivity contribution is -0.111. The summed E-state index contributed by atoms with van der Waals surface area (Å²) in [4.78, 5) is 16.9. The molecule has 0 aliphatic heterocycles. The second-order valence-corrected chi connectivity index (χ2v) is 8.07. The summed E-state index contributed by atoms with van der Waals surface area (Å²) in [7, 11) is 0. The molecule has 4 aromatic rings. The molecule has 1 heterocycles. The van der Waals surface area contributed by atoms with Crippen molar-refractivity contribution in [1.82, 2.24) is 4.98 Å². The molecule has 0 saturated heterocycles. The molecule has 0 bridgehead atoms. The Bertz CT molecular complexity index is 1170. The van der Waals surface area contributed by atoms with Crippen LogP contribution in [0.2, 0.25) is 0 Å². The van der Waals surface area contributed by atoms with Crippen molar-refractivity contribution in [2.45, 2.75) is 19.8 Å². The SMILES string of the molecule is CC(C)c1ccc(C=CC(=O)Nc2nc(-c3cccc4ccccc34)cs2)cc1. The van der Waals surface area contributed by atoms with E-state index in [0.29, 0.717) is 11.0 Å². The number of benzene rings is 3. The molecular formula is C25H22N2OS. The van der Waals surface area contributed by atoms with Crippen molar-refractivity contribution in [3.05, 3.63) is 89.3 Å². The second kappa shape index (κ2) is 8.41. The molecule has 0 unspecified atom stereocenters. The van der Waals surface area contributed by atoms with Gasteiger partial charge in [-0.05, 0) is 33.9 Å². The zero-order valence-electron chi connectivity index (χ0n) is 16.4. The van der Waals surface area contributed by atoms with Gasteiger partial charge in [-0.25, -0.2) is 4.98 Å². The number of hydrogen-bond donors (Lipinski definition) is 1. The van der Waals surface area contributed by atoms with Gasteiger partial charge in [-0.2, -0.15) is 0 Å². The Morgan fingerprint density at radius 3 is 2.55 bits per heavy atom. The summed E-state index contributed by atoms with van der Waals surface area (Å²) in [6.07, 6.45) is 3.36. The lowest BCUT2D eigenvalue weighted by atomic mass is 10.0. The summed E-state index contributed by atoms with van der Waals surface area (Å²) < 4.78 is 0. The summed E-state index contributed by atoms with van der Waals surface area (Å²) in [5.74, 6) is 0.314. The van der Waals surface area contributed by atoms with Crippen LogP contribution in [0, 0.1) is 0 Å². The number of nitrogens with one attached hydrogen (secondary N) is 1. The van der Waals surface area contributed by atoms with Gasteiger partial charge in [0, 0.05) is 17.0 Å². The van der Waals surface area contributed by atoms with Crippen molar-refractivity contribution in [2.24, 2.45) is 0 Å². The average molecular weight is 399 g/mol. The normalized spacial score (nSPS) is 11.4. The van der Waals surface area contributed by atoms with Crippen LogP contribution in [0.3, 0.4) is 0 Å². The van der Waals surface area contributed by atoms with Crippen LogP contribution in [-0.2, 0) is 4.79 Å². The van der Waals surface area contributed by atoms with Crippen LogP contribution in [0.4, 0.5) is 5.13 Å². The van der Waals surface area contributed by atoms with Crippen LogP contribution in [0.15, 0.2) is 78.2 Å². The minimum atomic E-state index is -0.184. The zero-order valence-corrected chi connectivity index (χ0v) is 17.2. The number of rotatable bonds is 5. The Morgan fingerprint density at radius 2 is 1.76 bits per heavy atom. The van der Waals surface area contributed by atoms with Gasteiger partial charge in [0.25, 0.3) is 0 Å². The summed E-state index contributed by atoms with van der Waals surface area (Å²) in [6.45, 7) is 4.33. The molecule has 1 N–H and O–H groups in total.